The standard InChI is InChI=1S/C26H26ClN3O3/c1-33-23-11-5-3-8-20(23)25-22-10-6-14-28(22)15-16-29(25)24(31)17-30(18-12-13-18)26(32)19-7-2-4-9-21(19)27/h2-11,14,18,25H,12-13,15-17H2,1H3. The summed E-state index contributed by atoms with van der Waals surface area (Å²) >= 11 is 6.29. The lowest BCUT2D eigenvalue weighted by Crippen LogP contribution is -2.48. The SMILES string of the molecule is COc1ccccc1C1c2cccn2CCN1C(=O)CN(C(=O)c1ccccc1Cl)C1CC1. The molecule has 0 radical (unpaired) electrons. The van der Waals surface area contributed by atoms with Gasteiger partial charge in [-0.15, -0.1) is 0 Å². The van der Waals surface area contributed by atoms with Crippen molar-refractivity contribution >= 4 is 23.4 Å². The van der Waals surface area contributed by atoms with E-state index in [9.17, 15) is 9.59 Å². The fourth-order valence-electron chi connectivity index (χ4n) is 4.65. The van der Waals surface area contributed by atoms with Gasteiger partial charge in [0, 0.05) is 36.6 Å². The minimum Gasteiger partial charge on any atom is -0.496 e. The molecule has 1 saturated carbocycles. The lowest BCUT2D eigenvalue weighted by Gasteiger charge is -2.39. The normalized spacial score (nSPS) is 17.4. The summed E-state index contributed by atoms with van der Waals surface area (Å²) in [5.74, 6) is 0.470. The molecule has 2 heterocycles. The van der Waals surface area contributed by atoms with E-state index < -0.39 is 0 Å². The number of hydrogen-bond donors (Lipinski definition) is 0. The molecule has 5 rings (SSSR count). The molecular formula is C26H26ClN3O3. The summed E-state index contributed by atoms with van der Waals surface area (Å²) < 4.78 is 7.81. The summed E-state index contributed by atoms with van der Waals surface area (Å²) in [6.07, 6.45) is 3.85. The lowest BCUT2D eigenvalue weighted by molar-refractivity contribution is -0.134. The molecule has 1 aliphatic carbocycles. The van der Waals surface area contributed by atoms with Crippen LogP contribution in [0.5, 0.6) is 5.75 Å². The monoisotopic (exact) mass is 463 g/mol. The zero-order valence-corrected chi connectivity index (χ0v) is 19.2. The van der Waals surface area contributed by atoms with Gasteiger partial charge in [-0.2, -0.15) is 0 Å². The highest BCUT2D eigenvalue weighted by atomic mass is 35.5. The minimum atomic E-state index is -0.283. The van der Waals surface area contributed by atoms with Crippen LogP contribution in [0, 0.1) is 0 Å². The van der Waals surface area contributed by atoms with Gasteiger partial charge >= 0.3 is 0 Å². The number of ether oxygens (including phenoxy) is 1. The van der Waals surface area contributed by atoms with Crippen molar-refractivity contribution in [3.63, 3.8) is 0 Å². The lowest BCUT2D eigenvalue weighted by atomic mass is 9.98. The quantitative estimate of drug-likeness (QED) is 0.545. The second-order valence-electron chi connectivity index (χ2n) is 8.50. The molecule has 7 heteroatoms. The summed E-state index contributed by atoms with van der Waals surface area (Å²) in [6.45, 7) is 1.30. The molecule has 170 valence electrons. The number of carbonyl (C=O) groups is 2. The number of benzene rings is 2. The Balaban J connectivity index is 1.46. The topological polar surface area (TPSA) is 54.8 Å². The van der Waals surface area contributed by atoms with Crippen LogP contribution in [0.15, 0.2) is 66.9 Å². The molecule has 3 aromatic rings. The van der Waals surface area contributed by atoms with Crippen LogP contribution in [0.3, 0.4) is 0 Å². The van der Waals surface area contributed by atoms with Crippen LogP contribution < -0.4 is 4.74 Å². The number of carbonyl (C=O) groups excluding carboxylic acids is 2. The number of amides is 2. The maximum atomic E-state index is 13.7. The van der Waals surface area contributed by atoms with Gasteiger partial charge in [0.05, 0.1) is 17.7 Å². The van der Waals surface area contributed by atoms with Crippen LogP contribution in [0.4, 0.5) is 0 Å². The summed E-state index contributed by atoms with van der Waals surface area (Å²) in [7, 11) is 1.64. The van der Waals surface area contributed by atoms with Gasteiger partial charge in [0.1, 0.15) is 18.3 Å². The Morgan fingerprint density at radius 3 is 2.55 bits per heavy atom. The second-order valence-corrected chi connectivity index (χ2v) is 8.91. The van der Waals surface area contributed by atoms with E-state index in [1.807, 2.05) is 47.5 Å². The zero-order valence-electron chi connectivity index (χ0n) is 18.5. The van der Waals surface area contributed by atoms with Gasteiger partial charge in [-0.05, 0) is 43.2 Å². The largest absolute Gasteiger partial charge is 0.496 e. The molecule has 2 aliphatic rings. The molecule has 1 aliphatic heterocycles. The van der Waals surface area contributed by atoms with Crippen molar-refractivity contribution in [2.24, 2.45) is 0 Å². The first kappa shape index (κ1) is 21.6. The molecule has 2 aromatic carbocycles. The van der Waals surface area contributed by atoms with E-state index in [0.717, 1.165) is 29.8 Å². The number of aromatic nitrogens is 1. The van der Waals surface area contributed by atoms with Gasteiger partial charge in [-0.3, -0.25) is 9.59 Å². The Kier molecular flexibility index (Phi) is 5.85. The van der Waals surface area contributed by atoms with E-state index in [0.29, 0.717) is 23.7 Å². The third kappa shape index (κ3) is 4.11. The van der Waals surface area contributed by atoms with Gasteiger partial charge in [-0.25, -0.2) is 0 Å². The molecular weight excluding hydrogens is 438 g/mol. The van der Waals surface area contributed by atoms with E-state index in [2.05, 4.69) is 4.57 Å². The van der Waals surface area contributed by atoms with E-state index in [1.54, 1.807) is 36.3 Å². The van der Waals surface area contributed by atoms with E-state index in [1.165, 1.54) is 0 Å². The third-order valence-electron chi connectivity index (χ3n) is 6.45. The first-order valence-corrected chi connectivity index (χ1v) is 11.6. The fourth-order valence-corrected chi connectivity index (χ4v) is 4.87. The molecule has 1 unspecified atom stereocenters. The van der Waals surface area contributed by atoms with Crippen molar-refractivity contribution in [2.45, 2.75) is 31.5 Å². The van der Waals surface area contributed by atoms with Gasteiger partial charge < -0.3 is 19.1 Å². The summed E-state index contributed by atoms with van der Waals surface area (Å²) in [6, 6.07) is 18.7. The highest BCUT2D eigenvalue weighted by Crippen LogP contribution is 2.38. The van der Waals surface area contributed by atoms with Gasteiger partial charge in [-0.1, -0.05) is 41.9 Å². The van der Waals surface area contributed by atoms with Gasteiger partial charge in [0.2, 0.25) is 5.91 Å². The first-order valence-electron chi connectivity index (χ1n) is 11.2. The highest BCUT2D eigenvalue weighted by molar-refractivity contribution is 6.33. The average Bonchev–Trinajstić information content (AvgIpc) is 3.57. The highest BCUT2D eigenvalue weighted by Gasteiger charge is 2.39. The van der Waals surface area contributed by atoms with Gasteiger partial charge in [0.25, 0.3) is 5.91 Å². The van der Waals surface area contributed by atoms with E-state index in [4.69, 9.17) is 16.3 Å². The molecule has 0 bridgehead atoms. The third-order valence-corrected chi connectivity index (χ3v) is 6.78. The van der Waals surface area contributed by atoms with Crippen LogP contribution in [-0.4, -0.2) is 52.4 Å². The number of para-hydroxylation sites is 1. The van der Waals surface area contributed by atoms with Crippen LogP contribution in [0.25, 0.3) is 0 Å². The van der Waals surface area contributed by atoms with Crippen LogP contribution in [-0.2, 0) is 11.3 Å². The van der Waals surface area contributed by atoms with Crippen molar-refractivity contribution in [2.75, 3.05) is 20.2 Å². The zero-order chi connectivity index (χ0) is 22.9. The number of halogens is 1. The molecule has 6 nitrogen and oxygen atoms in total. The predicted octanol–water partition coefficient (Wildman–Crippen LogP) is 4.39. The summed E-state index contributed by atoms with van der Waals surface area (Å²) in [4.78, 5) is 30.6. The number of nitrogens with zero attached hydrogens (tertiary/aromatic N) is 3. The number of fused-ring (bicyclic) bond motifs is 1. The Morgan fingerprint density at radius 1 is 1.03 bits per heavy atom. The van der Waals surface area contributed by atoms with Crippen LogP contribution >= 0.6 is 11.6 Å². The molecule has 2 amide bonds. The van der Waals surface area contributed by atoms with Crippen molar-refractivity contribution < 1.29 is 14.3 Å². The molecule has 0 spiro atoms. The summed E-state index contributed by atoms with van der Waals surface area (Å²) in [5, 5.41) is 0.406. The first-order chi connectivity index (χ1) is 16.1. The number of hydrogen-bond acceptors (Lipinski definition) is 3. The predicted molar refractivity (Wildman–Crippen MR) is 126 cm³/mol. The molecule has 0 N–H and O–H groups in total. The Morgan fingerprint density at radius 2 is 1.79 bits per heavy atom. The van der Waals surface area contributed by atoms with E-state index >= 15 is 0 Å². The maximum absolute atomic E-state index is 13.7. The minimum absolute atomic E-state index is 0.0288. The van der Waals surface area contributed by atoms with Gasteiger partial charge in [0.15, 0.2) is 0 Å². The summed E-state index contributed by atoms with van der Waals surface area (Å²) in [5.41, 5.74) is 2.41. The Hall–Kier alpha value is -3.25. The number of rotatable bonds is 6. The molecule has 0 saturated heterocycles. The molecule has 1 aromatic heterocycles. The van der Waals surface area contributed by atoms with Crippen LogP contribution in [0.2, 0.25) is 5.02 Å². The van der Waals surface area contributed by atoms with Crippen molar-refractivity contribution in [3.05, 3.63) is 88.7 Å². The molecule has 33 heavy (non-hydrogen) atoms. The molecule has 1 fully saturated rings. The fraction of sp³-hybridized carbons (Fsp3) is 0.308. The maximum Gasteiger partial charge on any atom is 0.256 e. The molecule has 1 atom stereocenters. The Labute approximate surface area is 198 Å². The average molecular weight is 464 g/mol. The second kappa shape index (κ2) is 8.94. The van der Waals surface area contributed by atoms with Crippen molar-refractivity contribution in [1.29, 1.82) is 0 Å². The van der Waals surface area contributed by atoms with Crippen molar-refractivity contribution in [3.8, 4) is 5.75 Å². The Bertz CT molecular complexity index is 1190. The van der Waals surface area contributed by atoms with Crippen molar-refractivity contribution in [1.82, 2.24) is 14.4 Å². The smallest absolute Gasteiger partial charge is 0.256 e. The van der Waals surface area contributed by atoms with E-state index in [-0.39, 0.29) is 30.4 Å². The van der Waals surface area contributed by atoms with Crippen LogP contribution in [0.1, 0.15) is 40.5 Å². The number of methoxy groups -OCH3 is 1.